The largest absolute Gasteiger partial charge is 0.465 e. The Balaban J connectivity index is 2.93. The van der Waals surface area contributed by atoms with E-state index in [-0.39, 0.29) is 11.7 Å². The summed E-state index contributed by atoms with van der Waals surface area (Å²) in [5.41, 5.74) is -0.226. The second-order valence-corrected chi connectivity index (χ2v) is 5.02. The van der Waals surface area contributed by atoms with Crippen LogP contribution in [0, 0.1) is 10.1 Å². The van der Waals surface area contributed by atoms with E-state index in [1.165, 1.54) is 6.07 Å². The van der Waals surface area contributed by atoms with Crippen molar-refractivity contribution in [1.29, 1.82) is 0 Å². The maximum absolute atomic E-state index is 11.9. The SMILES string of the molecule is CCOC(=O)C(C)(C)N(C)Cc1ccccc1[N+](=O)[O-]. The van der Waals surface area contributed by atoms with E-state index in [2.05, 4.69) is 0 Å². The van der Waals surface area contributed by atoms with Crippen molar-refractivity contribution in [2.24, 2.45) is 0 Å². The number of hydrogen-bond acceptors (Lipinski definition) is 5. The standard InChI is InChI=1S/C14H20N2O4/c1-5-20-13(17)14(2,3)15(4)10-11-8-6-7-9-12(11)16(18)19/h6-9H,5,10H2,1-4H3. The number of carbonyl (C=O) groups excluding carboxylic acids is 1. The molecule has 0 amide bonds. The molecule has 0 aliphatic rings. The van der Waals surface area contributed by atoms with Gasteiger partial charge in [0, 0.05) is 18.2 Å². The smallest absolute Gasteiger partial charge is 0.325 e. The molecule has 6 nitrogen and oxygen atoms in total. The van der Waals surface area contributed by atoms with E-state index in [9.17, 15) is 14.9 Å². The van der Waals surface area contributed by atoms with Crippen LogP contribution in [0.3, 0.4) is 0 Å². The average molecular weight is 280 g/mol. The number of likely N-dealkylation sites (N-methyl/N-ethyl adjacent to an activating group) is 1. The van der Waals surface area contributed by atoms with Crippen LogP contribution in [0.15, 0.2) is 24.3 Å². The number of hydrogen-bond donors (Lipinski definition) is 0. The van der Waals surface area contributed by atoms with Crippen molar-refractivity contribution in [3.05, 3.63) is 39.9 Å². The highest BCUT2D eigenvalue weighted by Gasteiger charge is 2.34. The van der Waals surface area contributed by atoms with E-state index in [1.807, 2.05) is 0 Å². The molecule has 1 aromatic carbocycles. The van der Waals surface area contributed by atoms with Gasteiger partial charge in [-0.05, 0) is 27.8 Å². The highest BCUT2D eigenvalue weighted by Crippen LogP contribution is 2.23. The van der Waals surface area contributed by atoms with Gasteiger partial charge in [0.2, 0.25) is 0 Å². The third-order valence-electron chi connectivity index (χ3n) is 3.33. The minimum Gasteiger partial charge on any atom is -0.465 e. The number of rotatable bonds is 6. The lowest BCUT2D eigenvalue weighted by Gasteiger charge is -2.33. The molecular formula is C14H20N2O4. The van der Waals surface area contributed by atoms with Gasteiger partial charge < -0.3 is 4.74 Å². The van der Waals surface area contributed by atoms with Crippen molar-refractivity contribution in [3.63, 3.8) is 0 Å². The summed E-state index contributed by atoms with van der Waals surface area (Å²) in [6.07, 6.45) is 0. The number of nitro benzene ring substituents is 1. The van der Waals surface area contributed by atoms with Crippen LogP contribution in [0.1, 0.15) is 26.3 Å². The zero-order chi connectivity index (χ0) is 15.3. The van der Waals surface area contributed by atoms with Crippen LogP contribution in [0.4, 0.5) is 5.69 Å². The molecule has 0 heterocycles. The normalized spacial score (nSPS) is 11.4. The van der Waals surface area contributed by atoms with Crippen molar-refractivity contribution in [1.82, 2.24) is 4.90 Å². The Kier molecular flexibility index (Phi) is 5.21. The van der Waals surface area contributed by atoms with Crippen molar-refractivity contribution in [2.75, 3.05) is 13.7 Å². The van der Waals surface area contributed by atoms with Gasteiger partial charge >= 0.3 is 5.97 Å². The zero-order valence-electron chi connectivity index (χ0n) is 12.3. The molecule has 0 radical (unpaired) electrons. The van der Waals surface area contributed by atoms with Gasteiger partial charge in [-0.1, -0.05) is 18.2 Å². The van der Waals surface area contributed by atoms with E-state index in [0.29, 0.717) is 18.7 Å². The second-order valence-electron chi connectivity index (χ2n) is 5.02. The fraction of sp³-hybridized carbons (Fsp3) is 0.500. The molecule has 1 rings (SSSR count). The Hall–Kier alpha value is -1.95. The zero-order valence-corrected chi connectivity index (χ0v) is 12.3. The first kappa shape index (κ1) is 16.1. The van der Waals surface area contributed by atoms with Gasteiger partial charge in [-0.25, -0.2) is 0 Å². The maximum Gasteiger partial charge on any atom is 0.325 e. The number of nitro groups is 1. The van der Waals surface area contributed by atoms with Gasteiger partial charge in [0.25, 0.3) is 5.69 Å². The number of carbonyl (C=O) groups is 1. The molecule has 0 atom stereocenters. The number of nitrogens with zero attached hydrogens (tertiary/aromatic N) is 2. The molecule has 1 aromatic rings. The Bertz CT molecular complexity index is 500. The fourth-order valence-corrected chi connectivity index (χ4v) is 1.74. The van der Waals surface area contributed by atoms with Crippen LogP contribution in [0.5, 0.6) is 0 Å². The lowest BCUT2D eigenvalue weighted by molar-refractivity contribution is -0.385. The topological polar surface area (TPSA) is 72.7 Å². The molecule has 0 saturated heterocycles. The highest BCUT2D eigenvalue weighted by atomic mass is 16.6. The molecule has 0 unspecified atom stereocenters. The van der Waals surface area contributed by atoms with E-state index < -0.39 is 10.5 Å². The molecule has 0 fully saturated rings. The van der Waals surface area contributed by atoms with Crippen LogP contribution >= 0.6 is 0 Å². The van der Waals surface area contributed by atoms with Gasteiger partial charge in [-0.2, -0.15) is 0 Å². The summed E-state index contributed by atoms with van der Waals surface area (Å²) in [6.45, 7) is 5.82. The number of benzene rings is 1. The number of esters is 1. The molecule has 0 aromatic heterocycles. The number of ether oxygens (including phenoxy) is 1. The molecular weight excluding hydrogens is 260 g/mol. The van der Waals surface area contributed by atoms with E-state index in [4.69, 9.17) is 4.74 Å². The van der Waals surface area contributed by atoms with Gasteiger partial charge in [0.05, 0.1) is 11.5 Å². The molecule has 0 bridgehead atoms. The summed E-state index contributed by atoms with van der Waals surface area (Å²) in [7, 11) is 1.74. The van der Waals surface area contributed by atoms with Gasteiger partial charge in [0.1, 0.15) is 5.54 Å². The van der Waals surface area contributed by atoms with Crippen LogP contribution in [0.2, 0.25) is 0 Å². The van der Waals surface area contributed by atoms with Crippen LogP contribution in [0.25, 0.3) is 0 Å². The molecule has 20 heavy (non-hydrogen) atoms. The summed E-state index contributed by atoms with van der Waals surface area (Å²) >= 11 is 0. The first-order valence-corrected chi connectivity index (χ1v) is 6.41. The third-order valence-corrected chi connectivity index (χ3v) is 3.33. The molecule has 0 aliphatic heterocycles. The molecule has 110 valence electrons. The van der Waals surface area contributed by atoms with Gasteiger partial charge in [-0.3, -0.25) is 19.8 Å². The van der Waals surface area contributed by atoms with Crippen molar-refractivity contribution >= 4 is 11.7 Å². The first-order chi connectivity index (χ1) is 9.30. The molecule has 0 aliphatic carbocycles. The number of para-hydroxylation sites is 1. The Morgan fingerprint density at radius 2 is 2.00 bits per heavy atom. The highest BCUT2D eigenvalue weighted by molar-refractivity contribution is 5.79. The lowest BCUT2D eigenvalue weighted by Crippen LogP contribution is -2.48. The van der Waals surface area contributed by atoms with E-state index in [1.54, 1.807) is 50.9 Å². The van der Waals surface area contributed by atoms with Crippen LogP contribution in [-0.2, 0) is 16.1 Å². The average Bonchev–Trinajstić information content (AvgIpc) is 2.39. The fourth-order valence-electron chi connectivity index (χ4n) is 1.74. The quantitative estimate of drug-likeness (QED) is 0.454. The maximum atomic E-state index is 11.9. The minimum absolute atomic E-state index is 0.0546. The predicted molar refractivity (Wildman–Crippen MR) is 75.3 cm³/mol. The van der Waals surface area contributed by atoms with E-state index in [0.717, 1.165) is 0 Å². The molecule has 0 spiro atoms. The van der Waals surface area contributed by atoms with E-state index >= 15 is 0 Å². The Labute approximate surface area is 118 Å². The van der Waals surface area contributed by atoms with Crippen molar-refractivity contribution < 1.29 is 14.5 Å². The molecule has 6 heteroatoms. The minimum atomic E-state index is -0.847. The summed E-state index contributed by atoms with van der Waals surface area (Å²) < 4.78 is 5.03. The van der Waals surface area contributed by atoms with Gasteiger partial charge in [-0.15, -0.1) is 0 Å². The summed E-state index contributed by atoms with van der Waals surface area (Å²) in [5, 5.41) is 11.0. The second kappa shape index (κ2) is 6.47. The van der Waals surface area contributed by atoms with Crippen molar-refractivity contribution in [2.45, 2.75) is 32.9 Å². The Morgan fingerprint density at radius 1 is 1.40 bits per heavy atom. The Morgan fingerprint density at radius 3 is 2.55 bits per heavy atom. The monoisotopic (exact) mass is 280 g/mol. The summed E-state index contributed by atoms with van der Waals surface area (Å²) in [6, 6.07) is 6.52. The molecule has 0 N–H and O–H groups in total. The third kappa shape index (κ3) is 3.54. The lowest BCUT2D eigenvalue weighted by atomic mass is 10.0. The van der Waals surface area contributed by atoms with Gasteiger partial charge in [0.15, 0.2) is 0 Å². The summed E-state index contributed by atoms with van der Waals surface area (Å²) in [5.74, 6) is -0.346. The molecule has 0 saturated carbocycles. The van der Waals surface area contributed by atoms with Crippen molar-refractivity contribution in [3.8, 4) is 0 Å². The first-order valence-electron chi connectivity index (χ1n) is 6.41. The van der Waals surface area contributed by atoms with Crippen LogP contribution < -0.4 is 0 Å². The van der Waals surface area contributed by atoms with Crippen LogP contribution in [-0.4, -0.2) is 35.0 Å². The summed E-state index contributed by atoms with van der Waals surface area (Å²) in [4.78, 5) is 24.2. The predicted octanol–water partition coefficient (Wildman–Crippen LogP) is 2.37.